The summed E-state index contributed by atoms with van der Waals surface area (Å²) in [6.07, 6.45) is 2.11. The van der Waals surface area contributed by atoms with Crippen molar-refractivity contribution in [2.24, 2.45) is 18.0 Å². The monoisotopic (exact) mass is 364 g/mol. The molecule has 0 aromatic carbocycles. The number of aryl methyl sites for hydroxylation is 1. The summed E-state index contributed by atoms with van der Waals surface area (Å²) in [4.78, 5) is 9.10. The summed E-state index contributed by atoms with van der Waals surface area (Å²) in [6, 6.07) is 0. The highest BCUT2D eigenvalue weighted by molar-refractivity contribution is 5.79. The topological polar surface area (TPSA) is 57.9 Å². The molecule has 1 aliphatic heterocycles. The molecule has 1 unspecified atom stereocenters. The fourth-order valence-electron chi connectivity index (χ4n) is 3.43. The van der Waals surface area contributed by atoms with Crippen LogP contribution in [-0.2, 0) is 18.3 Å². The molecule has 7 nitrogen and oxygen atoms in total. The van der Waals surface area contributed by atoms with Gasteiger partial charge in [0, 0.05) is 65.6 Å². The molecule has 0 bridgehead atoms. The maximum Gasteiger partial charge on any atom is 0.193 e. The van der Waals surface area contributed by atoms with Crippen molar-refractivity contribution in [3.8, 4) is 0 Å². The molecule has 1 fully saturated rings. The lowest BCUT2D eigenvalue weighted by atomic mass is 10.1. The van der Waals surface area contributed by atoms with Gasteiger partial charge in [0.25, 0.3) is 0 Å². The van der Waals surface area contributed by atoms with Gasteiger partial charge < -0.3 is 15.0 Å². The van der Waals surface area contributed by atoms with Gasteiger partial charge in [-0.2, -0.15) is 5.10 Å². The van der Waals surface area contributed by atoms with Crippen molar-refractivity contribution in [2.75, 3.05) is 53.5 Å². The largest absolute Gasteiger partial charge is 0.379 e. The first kappa shape index (κ1) is 20.7. The first-order chi connectivity index (χ1) is 12.4. The second-order valence-corrected chi connectivity index (χ2v) is 7.67. The Kier molecular flexibility index (Phi) is 7.90. The fraction of sp³-hybridized carbons (Fsp3) is 0.789. The van der Waals surface area contributed by atoms with E-state index in [0.717, 1.165) is 57.6 Å². The summed E-state index contributed by atoms with van der Waals surface area (Å²) in [5, 5.41) is 8.13. The molecule has 1 N–H and O–H groups in total. The lowest BCUT2D eigenvalue weighted by Gasteiger charge is -2.30. The van der Waals surface area contributed by atoms with E-state index in [1.165, 1.54) is 5.56 Å². The Morgan fingerprint density at radius 1 is 1.35 bits per heavy atom. The molecule has 0 radical (unpaired) electrons. The quantitative estimate of drug-likeness (QED) is 0.587. The zero-order valence-electron chi connectivity index (χ0n) is 17.3. The van der Waals surface area contributed by atoms with Gasteiger partial charge in [0.15, 0.2) is 5.96 Å². The van der Waals surface area contributed by atoms with Gasteiger partial charge in [-0.1, -0.05) is 20.8 Å². The van der Waals surface area contributed by atoms with E-state index in [2.05, 4.69) is 59.2 Å². The van der Waals surface area contributed by atoms with E-state index in [9.17, 15) is 0 Å². The van der Waals surface area contributed by atoms with Crippen LogP contribution in [0.15, 0.2) is 11.2 Å². The Bertz CT molecular complexity index is 577. The van der Waals surface area contributed by atoms with Crippen LogP contribution in [-0.4, -0.2) is 79.0 Å². The fourth-order valence-corrected chi connectivity index (χ4v) is 3.43. The molecule has 0 aliphatic carbocycles. The molecule has 0 saturated carbocycles. The van der Waals surface area contributed by atoms with Crippen molar-refractivity contribution in [3.05, 3.63) is 17.5 Å². The van der Waals surface area contributed by atoms with E-state index in [1.807, 2.05) is 18.8 Å². The van der Waals surface area contributed by atoms with Crippen molar-refractivity contribution >= 4 is 5.96 Å². The Hall–Kier alpha value is -1.60. The van der Waals surface area contributed by atoms with E-state index >= 15 is 0 Å². The third kappa shape index (κ3) is 5.99. The second kappa shape index (κ2) is 9.92. The van der Waals surface area contributed by atoms with Gasteiger partial charge >= 0.3 is 0 Å². The number of aliphatic imine (C=N–C) groups is 1. The van der Waals surface area contributed by atoms with Gasteiger partial charge in [-0.3, -0.25) is 14.6 Å². The highest BCUT2D eigenvalue weighted by atomic mass is 16.5. The smallest absolute Gasteiger partial charge is 0.193 e. The predicted molar refractivity (Wildman–Crippen MR) is 107 cm³/mol. The van der Waals surface area contributed by atoms with Crippen molar-refractivity contribution in [1.29, 1.82) is 0 Å². The van der Waals surface area contributed by atoms with Crippen LogP contribution < -0.4 is 5.32 Å². The normalized spacial score (nSPS) is 17.6. The summed E-state index contributed by atoms with van der Waals surface area (Å²) in [5.41, 5.74) is 2.42. The summed E-state index contributed by atoms with van der Waals surface area (Å²) in [6.45, 7) is 13.3. The van der Waals surface area contributed by atoms with Gasteiger partial charge in [0.1, 0.15) is 0 Å². The molecular weight excluding hydrogens is 328 g/mol. The number of guanidine groups is 1. The number of aromatic nitrogens is 2. The van der Waals surface area contributed by atoms with Gasteiger partial charge in [0.05, 0.1) is 18.9 Å². The number of nitrogens with one attached hydrogen (secondary N) is 1. The van der Waals surface area contributed by atoms with Crippen LogP contribution >= 0.6 is 0 Å². The Morgan fingerprint density at radius 3 is 2.65 bits per heavy atom. The molecule has 1 aliphatic rings. The summed E-state index contributed by atoms with van der Waals surface area (Å²) in [7, 11) is 5.91. The minimum Gasteiger partial charge on any atom is -0.379 e. The molecule has 1 aromatic rings. The lowest BCUT2D eigenvalue weighted by Crippen LogP contribution is -2.44. The Labute approximate surface area is 158 Å². The van der Waals surface area contributed by atoms with Gasteiger partial charge in [-0.15, -0.1) is 0 Å². The minimum atomic E-state index is 0.420. The molecule has 1 atom stereocenters. The highest BCUT2D eigenvalue weighted by Crippen LogP contribution is 2.18. The van der Waals surface area contributed by atoms with Crippen LogP contribution in [0.2, 0.25) is 0 Å². The van der Waals surface area contributed by atoms with Gasteiger partial charge in [-0.05, 0) is 11.8 Å². The number of hydrogen-bond donors (Lipinski definition) is 1. The van der Waals surface area contributed by atoms with E-state index in [4.69, 9.17) is 4.74 Å². The summed E-state index contributed by atoms with van der Waals surface area (Å²) in [5.74, 6) is 1.91. The van der Waals surface area contributed by atoms with Crippen LogP contribution in [0.3, 0.4) is 0 Å². The lowest BCUT2D eigenvalue weighted by molar-refractivity contribution is 0.0320. The van der Waals surface area contributed by atoms with Crippen LogP contribution in [0.4, 0.5) is 0 Å². The van der Waals surface area contributed by atoms with Gasteiger partial charge in [-0.25, -0.2) is 0 Å². The molecule has 7 heteroatoms. The Balaban J connectivity index is 1.85. The molecular formula is C19H36N6O. The third-order valence-corrected chi connectivity index (χ3v) is 4.75. The molecule has 1 aromatic heterocycles. The number of hydrogen-bond acceptors (Lipinski definition) is 4. The number of ether oxygens (including phenoxy) is 1. The third-order valence-electron chi connectivity index (χ3n) is 4.75. The van der Waals surface area contributed by atoms with Crippen molar-refractivity contribution in [1.82, 2.24) is 24.9 Å². The average molecular weight is 365 g/mol. The Morgan fingerprint density at radius 2 is 2.04 bits per heavy atom. The summed E-state index contributed by atoms with van der Waals surface area (Å²) >= 11 is 0. The van der Waals surface area contributed by atoms with E-state index in [0.29, 0.717) is 11.8 Å². The standard InChI is InChI=1S/C19H36N6O/c1-15(2)18-17(14-24(6)22-18)13-23(5)19(20-4)21-11-16(3)12-25-7-9-26-10-8-25/h14-16H,7-13H2,1-6H3,(H,20,21). The first-order valence-corrected chi connectivity index (χ1v) is 9.65. The average Bonchev–Trinajstić information content (AvgIpc) is 2.97. The SMILES string of the molecule is CN=C(NCC(C)CN1CCOCC1)N(C)Cc1cn(C)nc1C(C)C. The first-order valence-electron chi connectivity index (χ1n) is 9.65. The maximum atomic E-state index is 5.42. The maximum absolute atomic E-state index is 5.42. The predicted octanol–water partition coefficient (Wildman–Crippen LogP) is 1.52. The second-order valence-electron chi connectivity index (χ2n) is 7.67. The molecule has 2 rings (SSSR count). The van der Waals surface area contributed by atoms with Crippen LogP contribution in [0.5, 0.6) is 0 Å². The van der Waals surface area contributed by atoms with Crippen molar-refractivity contribution < 1.29 is 4.74 Å². The number of rotatable bonds is 7. The number of morpholine rings is 1. The molecule has 1 saturated heterocycles. The van der Waals surface area contributed by atoms with Crippen molar-refractivity contribution in [2.45, 2.75) is 33.2 Å². The molecule has 0 spiro atoms. The zero-order chi connectivity index (χ0) is 19.1. The highest BCUT2D eigenvalue weighted by Gasteiger charge is 2.17. The van der Waals surface area contributed by atoms with E-state index < -0.39 is 0 Å². The minimum absolute atomic E-state index is 0.420. The van der Waals surface area contributed by atoms with Crippen molar-refractivity contribution in [3.63, 3.8) is 0 Å². The number of nitrogens with zero attached hydrogens (tertiary/aromatic N) is 5. The van der Waals surface area contributed by atoms with Crippen LogP contribution in [0.25, 0.3) is 0 Å². The molecule has 2 heterocycles. The van der Waals surface area contributed by atoms with Crippen LogP contribution in [0, 0.1) is 5.92 Å². The summed E-state index contributed by atoms with van der Waals surface area (Å²) < 4.78 is 7.32. The zero-order valence-corrected chi connectivity index (χ0v) is 17.3. The van der Waals surface area contributed by atoms with Crippen LogP contribution in [0.1, 0.15) is 37.9 Å². The molecule has 0 amide bonds. The van der Waals surface area contributed by atoms with Gasteiger partial charge in [0.2, 0.25) is 0 Å². The van der Waals surface area contributed by atoms with E-state index in [-0.39, 0.29) is 0 Å². The molecule has 148 valence electrons. The van der Waals surface area contributed by atoms with E-state index in [1.54, 1.807) is 0 Å². The molecule has 26 heavy (non-hydrogen) atoms.